The smallest absolute Gasteiger partial charge is 0.291 e. The van der Waals surface area contributed by atoms with E-state index in [1.54, 1.807) is 10.9 Å². The van der Waals surface area contributed by atoms with Crippen molar-refractivity contribution in [2.45, 2.75) is 37.0 Å². The first-order valence-electron chi connectivity index (χ1n) is 6.68. The van der Waals surface area contributed by atoms with Gasteiger partial charge in [-0.15, -0.1) is 0 Å². The van der Waals surface area contributed by atoms with E-state index >= 15 is 0 Å². The predicted octanol–water partition coefficient (Wildman–Crippen LogP) is 2.61. The van der Waals surface area contributed by atoms with E-state index in [1.807, 2.05) is 11.8 Å². The van der Waals surface area contributed by atoms with Gasteiger partial charge >= 0.3 is 0 Å². The second kappa shape index (κ2) is 5.02. The molecule has 2 fully saturated rings. The van der Waals surface area contributed by atoms with Crippen LogP contribution in [0.5, 0.6) is 0 Å². The van der Waals surface area contributed by atoms with Crippen LogP contribution in [0.4, 0.5) is 5.69 Å². The Morgan fingerprint density at radius 3 is 2.89 bits per heavy atom. The molecule has 3 rings (SSSR count). The maximum atomic E-state index is 12.3. The average Bonchev–Trinajstić information content (AvgIpc) is 3.29. The highest BCUT2D eigenvalue weighted by Crippen LogP contribution is 2.47. The van der Waals surface area contributed by atoms with Gasteiger partial charge in [0.05, 0.1) is 11.2 Å². The molecule has 1 N–H and O–H groups in total. The number of aromatic nitrogens is 2. The van der Waals surface area contributed by atoms with E-state index in [2.05, 4.69) is 16.7 Å². The number of hydrogen-bond donors (Lipinski definition) is 1. The molecule has 1 aromatic rings. The minimum Gasteiger partial charge on any atom is -0.378 e. The Morgan fingerprint density at radius 1 is 1.58 bits per heavy atom. The molecule has 0 atom stereocenters. The van der Waals surface area contributed by atoms with Gasteiger partial charge in [-0.25, -0.2) is 4.68 Å². The van der Waals surface area contributed by atoms with Gasteiger partial charge in [0, 0.05) is 17.8 Å². The molecule has 19 heavy (non-hydrogen) atoms. The monoisotopic (exact) mass is 299 g/mol. The van der Waals surface area contributed by atoms with Crippen molar-refractivity contribution in [1.82, 2.24) is 9.78 Å². The molecule has 1 heterocycles. The number of nitrogens with one attached hydrogen (secondary N) is 1. The number of thioether (sulfide) groups is 1. The average molecular weight is 300 g/mol. The van der Waals surface area contributed by atoms with E-state index in [4.69, 9.17) is 11.6 Å². The first-order valence-corrected chi connectivity index (χ1v) is 8.28. The molecule has 2 aliphatic rings. The molecule has 0 bridgehead atoms. The summed E-state index contributed by atoms with van der Waals surface area (Å²) >= 11 is 7.96. The van der Waals surface area contributed by atoms with Crippen LogP contribution in [0.1, 0.15) is 25.7 Å². The third-order valence-corrected chi connectivity index (χ3v) is 5.66. The number of nitrogens with zero attached hydrogens (tertiary/aromatic N) is 2. The van der Waals surface area contributed by atoms with Gasteiger partial charge in [0.15, 0.2) is 0 Å². The van der Waals surface area contributed by atoms with Crippen molar-refractivity contribution in [1.29, 1.82) is 0 Å². The van der Waals surface area contributed by atoms with Crippen LogP contribution in [0, 0.1) is 5.92 Å². The molecule has 0 amide bonds. The highest BCUT2D eigenvalue weighted by Gasteiger charge is 2.41. The van der Waals surface area contributed by atoms with Gasteiger partial charge in [-0.3, -0.25) is 4.79 Å². The highest BCUT2D eigenvalue weighted by atomic mass is 35.5. The van der Waals surface area contributed by atoms with Crippen molar-refractivity contribution in [2.24, 2.45) is 5.92 Å². The van der Waals surface area contributed by atoms with Gasteiger partial charge in [0.1, 0.15) is 5.69 Å². The van der Waals surface area contributed by atoms with Crippen LogP contribution in [0.3, 0.4) is 0 Å². The highest BCUT2D eigenvalue weighted by molar-refractivity contribution is 8.00. The third kappa shape index (κ3) is 2.92. The molecule has 1 aromatic heterocycles. The first kappa shape index (κ1) is 13.3. The van der Waals surface area contributed by atoms with Crippen LogP contribution < -0.4 is 10.9 Å². The fourth-order valence-electron chi connectivity index (χ4n) is 2.15. The lowest BCUT2D eigenvalue weighted by atomic mass is 10.3. The largest absolute Gasteiger partial charge is 0.378 e. The molecule has 2 saturated carbocycles. The van der Waals surface area contributed by atoms with Gasteiger partial charge < -0.3 is 5.32 Å². The van der Waals surface area contributed by atoms with Crippen molar-refractivity contribution in [3.63, 3.8) is 0 Å². The summed E-state index contributed by atoms with van der Waals surface area (Å²) in [4.78, 5) is 12.3. The predicted molar refractivity (Wildman–Crippen MR) is 80.2 cm³/mol. The Hall–Kier alpha value is -0.680. The van der Waals surface area contributed by atoms with Crippen LogP contribution >= 0.6 is 23.4 Å². The second-order valence-corrected chi connectivity index (χ2v) is 7.22. The van der Waals surface area contributed by atoms with Crippen LogP contribution in [0.25, 0.3) is 0 Å². The number of rotatable bonds is 6. The third-order valence-electron chi connectivity index (χ3n) is 3.95. The first-order chi connectivity index (χ1) is 9.13. The van der Waals surface area contributed by atoms with Crippen LogP contribution in [-0.2, 0) is 6.54 Å². The SMILES string of the molecule is CSC1(CNc2c(Cl)cnn(CC3CC3)c2=O)CC1. The summed E-state index contributed by atoms with van der Waals surface area (Å²) in [7, 11) is 0. The number of anilines is 1. The summed E-state index contributed by atoms with van der Waals surface area (Å²) in [6.07, 6.45) is 8.52. The zero-order valence-corrected chi connectivity index (χ0v) is 12.6. The summed E-state index contributed by atoms with van der Waals surface area (Å²) in [6, 6.07) is 0. The van der Waals surface area contributed by atoms with Crippen molar-refractivity contribution in [2.75, 3.05) is 18.1 Å². The van der Waals surface area contributed by atoms with Gasteiger partial charge in [0.25, 0.3) is 5.56 Å². The summed E-state index contributed by atoms with van der Waals surface area (Å²) in [5.41, 5.74) is 0.425. The van der Waals surface area contributed by atoms with E-state index in [9.17, 15) is 4.79 Å². The summed E-state index contributed by atoms with van der Waals surface area (Å²) in [5, 5.41) is 7.79. The summed E-state index contributed by atoms with van der Waals surface area (Å²) < 4.78 is 1.85. The Morgan fingerprint density at radius 2 is 2.32 bits per heavy atom. The molecule has 0 aromatic carbocycles. The van der Waals surface area contributed by atoms with E-state index in [-0.39, 0.29) is 5.56 Å². The van der Waals surface area contributed by atoms with Crippen LogP contribution in [-0.4, -0.2) is 27.3 Å². The molecule has 0 radical (unpaired) electrons. The molecule has 0 spiro atoms. The van der Waals surface area contributed by atoms with Gasteiger partial charge in [-0.05, 0) is 37.9 Å². The summed E-state index contributed by atoms with van der Waals surface area (Å²) in [6.45, 7) is 1.52. The molecule has 0 aliphatic heterocycles. The molecule has 4 nitrogen and oxygen atoms in total. The zero-order chi connectivity index (χ0) is 13.5. The van der Waals surface area contributed by atoms with Gasteiger partial charge in [0.2, 0.25) is 0 Å². The van der Waals surface area contributed by atoms with Gasteiger partial charge in [-0.1, -0.05) is 11.6 Å². The van der Waals surface area contributed by atoms with Crippen molar-refractivity contribution in [3.8, 4) is 0 Å². The minimum absolute atomic E-state index is 0.0868. The number of hydrogen-bond acceptors (Lipinski definition) is 4. The normalized spacial score (nSPS) is 20.3. The lowest BCUT2D eigenvalue weighted by molar-refractivity contribution is 0.534. The quantitative estimate of drug-likeness (QED) is 0.877. The fraction of sp³-hybridized carbons (Fsp3) is 0.692. The van der Waals surface area contributed by atoms with E-state index < -0.39 is 0 Å². The molecule has 104 valence electrons. The zero-order valence-electron chi connectivity index (χ0n) is 11.0. The molecule has 0 unspecified atom stereocenters. The van der Waals surface area contributed by atoms with Gasteiger partial charge in [-0.2, -0.15) is 16.9 Å². The van der Waals surface area contributed by atoms with Crippen LogP contribution in [0.15, 0.2) is 11.0 Å². The Kier molecular flexibility index (Phi) is 3.52. The molecule has 2 aliphatic carbocycles. The van der Waals surface area contributed by atoms with Crippen molar-refractivity contribution < 1.29 is 0 Å². The van der Waals surface area contributed by atoms with E-state index in [0.29, 0.717) is 21.4 Å². The lowest BCUT2D eigenvalue weighted by Crippen LogP contribution is -2.29. The molecule has 6 heteroatoms. The molecule has 0 saturated heterocycles. The molecular formula is C13H18ClN3OS. The lowest BCUT2D eigenvalue weighted by Gasteiger charge is -2.15. The van der Waals surface area contributed by atoms with Crippen molar-refractivity contribution in [3.05, 3.63) is 21.6 Å². The fourth-order valence-corrected chi connectivity index (χ4v) is 3.06. The summed E-state index contributed by atoms with van der Waals surface area (Å²) in [5.74, 6) is 0.625. The Balaban J connectivity index is 1.76. The van der Waals surface area contributed by atoms with Crippen LogP contribution in [0.2, 0.25) is 5.02 Å². The van der Waals surface area contributed by atoms with E-state index in [0.717, 1.165) is 13.1 Å². The maximum absolute atomic E-state index is 12.3. The van der Waals surface area contributed by atoms with Crippen molar-refractivity contribution >= 4 is 29.1 Å². The Bertz CT molecular complexity index is 537. The second-order valence-electron chi connectivity index (χ2n) is 5.54. The molecular weight excluding hydrogens is 282 g/mol. The Labute approximate surface area is 121 Å². The minimum atomic E-state index is -0.0868. The topological polar surface area (TPSA) is 46.9 Å². The standard InChI is InChI=1S/C13H18ClN3OS/c1-19-13(4-5-13)8-15-11-10(14)6-16-17(12(11)18)7-9-2-3-9/h6,9,15H,2-5,7-8H2,1H3. The number of halogens is 1. The maximum Gasteiger partial charge on any atom is 0.291 e. The van der Waals surface area contributed by atoms with E-state index in [1.165, 1.54) is 25.7 Å².